The highest BCUT2D eigenvalue weighted by atomic mass is 16.5. The van der Waals surface area contributed by atoms with Crippen LogP contribution in [0.3, 0.4) is 0 Å². The molecule has 1 aliphatic rings. The van der Waals surface area contributed by atoms with Crippen molar-refractivity contribution >= 4 is 11.8 Å². The fraction of sp³-hybridized carbons (Fsp3) is 0.818. The van der Waals surface area contributed by atoms with Gasteiger partial charge in [-0.2, -0.15) is 0 Å². The van der Waals surface area contributed by atoms with Crippen LogP contribution in [0.2, 0.25) is 0 Å². The summed E-state index contributed by atoms with van der Waals surface area (Å²) in [6.07, 6.45) is 11.0. The lowest BCUT2D eigenvalue weighted by Gasteiger charge is -2.22. The van der Waals surface area contributed by atoms with Gasteiger partial charge in [-0.3, -0.25) is 9.59 Å². The molecule has 0 amide bonds. The molecule has 4 atom stereocenters. The molecule has 1 saturated carbocycles. The SMILES string of the molecule is CCCCCC(=O)CC[C@@H]1[C@@H](C/C=C\CCCC(=O)OCC)[C@@H](O)C[C@H]1O. The first kappa shape index (κ1) is 23.8. The van der Waals surface area contributed by atoms with Gasteiger partial charge in [0.15, 0.2) is 0 Å². The Kier molecular flexibility index (Phi) is 12.3. The van der Waals surface area contributed by atoms with Gasteiger partial charge in [0, 0.05) is 19.3 Å². The summed E-state index contributed by atoms with van der Waals surface area (Å²) in [4.78, 5) is 23.3. The number of hydrogen-bond acceptors (Lipinski definition) is 5. The van der Waals surface area contributed by atoms with Crippen LogP contribution in [0.25, 0.3) is 0 Å². The molecule has 1 rings (SSSR count). The molecule has 0 heterocycles. The van der Waals surface area contributed by atoms with Crippen molar-refractivity contribution < 1.29 is 24.5 Å². The fourth-order valence-corrected chi connectivity index (χ4v) is 3.90. The summed E-state index contributed by atoms with van der Waals surface area (Å²) in [6, 6.07) is 0. The monoisotopic (exact) mass is 382 g/mol. The number of aliphatic hydroxyl groups excluding tert-OH is 2. The van der Waals surface area contributed by atoms with Gasteiger partial charge < -0.3 is 14.9 Å². The molecule has 1 fully saturated rings. The molecule has 5 heteroatoms. The predicted molar refractivity (Wildman–Crippen MR) is 106 cm³/mol. The van der Waals surface area contributed by atoms with E-state index in [-0.39, 0.29) is 23.6 Å². The molecule has 0 aromatic rings. The summed E-state index contributed by atoms with van der Waals surface area (Å²) in [5.41, 5.74) is 0. The number of carbonyl (C=O) groups is 2. The number of rotatable bonds is 14. The molecule has 0 saturated heterocycles. The van der Waals surface area contributed by atoms with E-state index >= 15 is 0 Å². The lowest BCUT2D eigenvalue weighted by atomic mass is 9.86. The van der Waals surface area contributed by atoms with E-state index in [1.54, 1.807) is 6.92 Å². The van der Waals surface area contributed by atoms with Crippen molar-refractivity contribution in [3.8, 4) is 0 Å². The molecule has 1 aliphatic carbocycles. The second-order valence-electron chi connectivity index (χ2n) is 7.64. The van der Waals surface area contributed by atoms with Crippen LogP contribution in [-0.4, -0.2) is 40.8 Å². The second kappa shape index (κ2) is 13.9. The van der Waals surface area contributed by atoms with Crippen LogP contribution in [0.4, 0.5) is 0 Å². The highest BCUT2D eigenvalue weighted by molar-refractivity contribution is 5.78. The lowest BCUT2D eigenvalue weighted by Crippen LogP contribution is -2.22. The van der Waals surface area contributed by atoms with Crippen molar-refractivity contribution in [2.24, 2.45) is 11.8 Å². The van der Waals surface area contributed by atoms with Crippen LogP contribution >= 0.6 is 0 Å². The number of esters is 1. The minimum atomic E-state index is -0.523. The summed E-state index contributed by atoms with van der Waals surface area (Å²) in [5, 5.41) is 20.5. The molecule has 0 aliphatic heterocycles. The normalized spacial score (nSPS) is 25.2. The molecular weight excluding hydrogens is 344 g/mol. The van der Waals surface area contributed by atoms with Gasteiger partial charge in [0.1, 0.15) is 5.78 Å². The molecule has 0 aromatic carbocycles. The number of ether oxygens (including phenoxy) is 1. The first-order valence-corrected chi connectivity index (χ1v) is 10.7. The summed E-state index contributed by atoms with van der Waals surface area (Å²) in [6.45, 7) is 4.34. The van der Waals surface area contributed by atoms with E-state index in [0.29, 0.717) is 45.1 Å². The fourth-order valence-electron chi connectivity index (χ4n) is 3.90. The minimum absolute atomic E-state index is 0.00440. The van der Waals surface area contributed by atoms with Gasteiger partial charge in [0.25, 0.3) is 0 Å². The summed E-state index contributed by atoms with van der Waals surface area (Å²) in [5.74, 6) is 0.0956. The van der Waals surface area contributed by atoms with Crippen LogP contribution in [0.1, 0.15) is 84.5 Å². The summed E-state index contributed by atoms with van der Waals surface area (Å²) >= 11 is 0. The molecular formula is C22H38O5. The zero-order valence-electron chi connectivity index (χ0n) is 17.1. The van der Waals surface area contributed by atoms with E-state index in [0.717, 1.165) is 32.1 Å². The van der Waals surface area contributed by atoms with Crippen molar-refractivity contribution in [2.45, 2.75) is 96.7 Å². The standard InChI is InChI=1S/C22H38O5/c1-3-5-8-11-17(23)14-15-19-18(20(24)16-21(19)25)12-9-6-7-10-13-22(26)27-4-2/h6,9,18-21,24-25H,3-5,7-8,10-16H2,1-2H3/b9-6-/t18-,19-,20+,21-/m1/s1. The van der Waals surface area contributed by atoms with Crippen LogP contribution < -0.4 is 0 Å². The predicted octanol–water partition coefficient (Wildman–Crippen LogP) is 3.95. The third-order valence-corrected chi connectivity index (χ3v) is 5.47. The molecule has 27 heavy (non-hydrogen) atoms. The van der Waals surface area contributed by atoms with E-state index in [1.807, 2.05) is 12.2 Å². The van der Waals surface area contributed by atoms with Crippen molar-refractivity contribution in [1.29, 1.82) is 0 Å². The number of Topliss-reactive ketones (excluding diaryl/α,β-unsaturated/α-hetero) is 1. The van der Waals surface area contributed by atoms with E-state index in [2.05, 4.69) is 6.92 Å². The average molecular weight is 383 g/mol. The van der Waals surface area contributed by atoms with E-state index in [9.17, 15) is 19.8 Å². The Balaban J connectivity index is 2.34. The molecule has 0 radical (unpaired) electrons. The Labute approximate surface area is 164 Å². The Morgan fingerprint density at radius 3 is 2.41 bits per heavy atom. The number of carbonyl (C=O) groups excluding carboxylic acids is 2. The van der Waals surface area contributed by atoms with Crippen LogP contribution in [0.15, 0.2) is 12.2 Å². The largest absolute Gasteiger partial charge is 0.466 e. The first-order chi connectivity index (χ1) is 13.0. The quantitative estimate of drug-likeness (QED) is 0.270. The molecule has 5 nitrogen and oxygen atoms in total. The minimum Gasteiger partial charge on any atom is -0.466 e. The Hall–Kier alpha value is -1.20. The highest BCUT2D eigenvalue weighted by Crippen LogP contribution is 2.38. The number of ketones is 1. The number of aliphatic hydroxyl groups is 2. The smallest absolute Gasteiger partial charge is 0.305 e. The van der Waals surface area contributed by atoms with Crippen molar-refractivity contribution in [3.05, 3.63) is 12.2 Å². The topological polar surface area (TPSA) is 83.8 Å². The second-order valence-corrected chi connectivity index (χ2v) is 7.64. The third kappa shape index (κ3) is 9.52. The Bertz CT molecular complexity index is 460. The van der Waals surface area contributed by atoms with Gasteiger partial charge in [-0.05, 0) is 57.3 Å². The zero-order valence-corrected chi connectivity index (χ0v) is 17.1. The number of hydrogen-bond donors (Lipinski definition) is 2. The Morgan fingerprint density at radius 2 is 1.70 bits per heavy atom. The van der Waals surface area contributed by atoms with E-state index in [1.165, 1.54) is 0 Å². The maximum absolute atomic E-state index is 12.0. The summed E-state index contributed by atoms with van der Waals surface area (Å²) in [7, 11) is 0. The van der Waals surface area contributed by atoms with Crippen molar-refractivity contribution in [2.75, 3.05) is 6.61 Å². The molecule has 0 bridgehead atoms. The molecule has 2 N–H and O–H groups in total. The van der Waals surface area contributed by atoms with E-state index in [4.69, 9.17) is 4.74 Å². The van der Waals surface area contributed by atoms with Crippen LogP contribution in [0, 0.1) is 11.8 Å². The van der Waals surface area contributed by atoms with Gasteiger partial charge in [-0.1, -0.05) is 31.9 Å². The summed E-state index contributed by atoms with van der Waals surface area (Å²) < 4.78 is 4.90. The first-order valence-electron chi connectivity index (χ1n) is 10.7. The van der Waals surface area contributed by atoms with Gasteiger partial charge in [-0.15, -0.1) is 0 Å². The van der Waals surface area contributed by atoms with Crippen molar-refractivity contribution in [3.63, 3.8) is 0 Å². The molecule has 0 unspecified atom stereocenters. The van der Waals surface area contributed by atoms with Gasteiger partial charge in [0.2, 0.25) is 0 Å². The van der Waals surface area contributed by atoms with Crippen LogP contribution in [-0.2, 0) is 14.3 Å². The van der Waals surface area contributed by atoms with Gasteiger partial charge in [-0.25, -0.2) is 0 Å². The number of allylic oxidation sites excluding steroid dienone is 2. The van der Waals surface area contributed by atoms with Crippen LogP contribution in [0.5, 0.6) is 0 Å². The van der Waals surface area contributed by atoms with Gasteiger partial charge in [0.05, 0.1) is 18.8 Å². The average Bonchev–Trinajstić information content (AvgIpc) is 2.89. The van der Waals surface area contributed by atoms with Gasteiger partial charge >= 0.3 is 5.97 Å². The maximum Gasteiger partial charge on any atom is 0.305 e. The molecule has 0 aromatic heterocycles. The Morgan fingerprint density at radius 1 is 0.963 bits per heavy atom. The van der Waals surface area contributed by atoms with E-state index < -0.39 is 12.2 Å². The lowest BCUT2D eigenvalue weighted by molar-refractivity contribution is -0.143. The number of unbranched alkanes of at least 4 members (excludes halogenated alkanes) is 3. The third-order valence-electron chi connectivity index (χ3n) is 5.47. The maximum atomic E-state index is 12.0. The van der Waals surface area contributed by atoms with Crippen molar-refractivity contribution in [1.82, 2.24) is 0 Å². The zero-order chi connectivity index (χ0) is 20.1. The molecule has 0 spiro atoms. The molecule has 156 valence electrons. The highest BCUT2D eigenvalue weighted by Gasteiger charge is 2.40.